The van der Waals surface area contributed by atoms with E-state index in [1.54, 1.807) is 0 Å². The number of pyridine rings is 2. The van der Waals surface area contributed by atoms with E-state index in [-0.39, 0.29) is 37.1 Å². The molecule has 0 amide bonds. The van der Waals surface area contributed by atoms with E-state index in [0.717, 1.165) is 27.7 Å². The average Bonchev–Trinajstić information content (AvgIpc) is 2.81. The fourth-order valence-electron chi connectivity index (χ4n) is 4.75. The molecule has 0 aliphatic rings. The molecule has 221 valence electrons. The second-order valence-electron chi connectivity index (χ2n) is 13.9. The van der Waals surface area contributed by atoms with Gasteiger partial charge in [0.2, 0.25) is 0 Å². The Morgan fingerprint density at radius 2 is 1.51 bits per heavy atom. The van der Waals surface area contributed by atoms with Gasteiger partial charge in [-0.2, -0.15) is 0 Å². The molecular formula is C35H45IrN2O2Si-. The van der Waals surface area contributed by atoms with Gasteiger partial charge in [0.1, 0.15) is 5.76 Å². The number of fused-ring (bicyclic) bond motifs is 3. The Morgan fingerprint density at radius 3 is 2.05 bits per heavy atom. The maximum absolute atomic E-state index is 11.5. The van der Waals surface area contributed by atoms with Crippen LogP contribution < -0.4 is 5.19 Å². The Balaban J connectivity index is 0.000000360. The molecule has 2 aromatic carbocycles. The minimum atomic E-state index is -1.51. The summed E-state index contributed by atoms with van der Waals surface area (Å²) in [5.41, 5.74) is 6.11. The van der Waals surface area contributed by atoms with E-state index in [2.05, 4.69) is 76.8 Å². The van der Waals surface area contributed by atoms with Crippen molar-refractivity contribution in [3.63, 3.8) is 0 Å². The van der Waals surface area contributed by atoms with E-state index < -0.39 is 13.5 Å². The molecule has 0 bridgehead atoms. The van der Waals surface area contributed by atoms with Crippen molar-refractivity contribution < 1.29 is 30.0 Å². The smallest absolute Gasteiger partial charge is 0.164 e. The van der Waals surface area contributed by atoms with Gasteiger partial charge in [0.25, 0.3) is 0 Å². The number of aromatic nitrogens is 2. The number of ketones is 1. The van der Waals surface area contributed by atoms with Gasteiger partial charge in [-0.3, -0.25) is 9.78 Å². The van der Waals surface area contributed by atoms with E-state index in [1.165, 1.54) is 33.2 Å². The van der Waals surface area contributed by atoms with Crippen molar-refractivity contribution >= 4 is 40.7 Å². The molecule has 0 saturated carbocycles. The van der Waals surface area contributed by atoms with Crippen molar-refractivity contribution in [1.29, 1.82) is 0 Å². The van der Waals surface area contributed by atoms with E-state index in [0.29, 0.717) is 0 Å². The predicted octanol–water partition coefficient (Wildman–Crippen LogP) is 8.81. The Labute approximate surface area is 261 Å². The zero-order chi connectivity index (χ0) is 30.2. The number of nitrogens with zero attached hydrogens (tertiary/aromatic N) is 2. The Hall–Kier alpha value is -2.66. The average molecular weight is 746 g/mol. The van der Waals surface area contributed by atoms with E-state index in [1.807, 2.05) is 53.9 Å². The molecule has 1 N–H and O–H groups in total. The normalized spacial score (nSPS) is 12.5. The number of aliphatic hydroxyl groups is 1. The van der Waals surface area contributed by atoms with Crippen LogP contribution in [0.4, 0.5) is 0 Å². The molecule has 0 saturated heterocycles. The number of benzene rings is 2. The van der Waals surface area contributed by atoms with Crippen LogP contribution >= 0.6 is 0 Å². The van der Waals surface area contributed by atoms with Crippen LogP contribution in [0.3, 0.4) is 0 Å². The van der Waals surface area contributed by atoms with Gasteiger partial charge < -0.3 is 10.1 Å². The summed E-state index contributed by atoms with van der Waals surface area (Å²) >= 11 is 0. The van der Waals surface area contributed by atoms with Crippen molar-refractivity contribution in [2.24, 2.45) is 10.8 Å². The molecule has 0 fully saturated rings. The number of hydrogen-bond acceptors (Lipinski definition) is 4. The third-order valence-electron chi connectivity index (χ3n) is 6.92. The van der Waals surface area contributed by atoms with Crippen LogP contribution in [0, 0.1) is 37.7 Å². The first-order chi connectivity index (χ1) is 18.3. The first-order valence-electron chi connectivity index (χ1n) is 13.9. The van der Waals surface area contributed by atoms with Gasteiger partial charge in [0.15, 0.2) is 5.78 Å². The molecule has 4 aromatic rings. The van der Waals surface area contributed by atoms with Crippen LogP contribution in [0.15, 0.2) is 54.6 Å². The molecule has 1 radical (unpaired) electrons. The summed E-state index contributed by atoms with van der Waals surface area (Å²) in [5.74, 6) is 0.104. The van der Waals surface area contributed by atoms with Gasteiger partial charge in [0, 0.05) is 54.8 Å². The Bertz CT molecular complexity index is 1580. The predicted molar refractivity (Wildman–Crippen MR) is 173 cm³/mol. The fraction of sp³-hybridized carbons (Fsp3) is 0.400. The minimum Gasteiger partial charge on any atom is -0.512 e. The molecule has 0 aliphatic carbocycles. The van der Waals surface area contributed by atoms with Crippen molar-refractivity contribution in [2.75, 3.05) is 0 Å². The van der Waals surface area contributed by atoms with Crippen molar-refractivity contribution in [3.8, 4) is 11.3 Å². The third-order valence-corrected chi connectivity index (χ3v) is 9.05. The maximum Gasteiger partial charge on any atom is 0.164 e. The summed E-state index contributed by atoms with van der Waals surface area (Å²) in [7, 11) is -1.51. The summed E-state index contributed by atoms with van der Waals surface area (Å²) in [6, 6.07) is 14.4. The van der Waals surface area contributed by atoms with Crippen LogP contribution in [0.1, 0.15) is 58.2 Å². The standard InChI is InChI=1S/C24H25N2Si.C11H20O2.Ir/c1-15-11-16(2)13-18(12-15)22-21-14-26-23-20(19(21)9-10-25-22)8-7-17(3)24(23)27(4,5)6;1-10(2,3)8(12)7-9(13)11(4,5)6;/h7-12,14H,1-6H3;7,12H,1-6H3;/q-1;;/b;8-7-;. The molecule has 2 aromatic heterocycles. The van der Waals surface area contributed by atoms with Crippen LogP contribution in [-0.2, 0) is 24.9 Å². The van der Waals surface area contributed by atoms with Gasteiger partial charge in [-0.15, -0.1) is 34.9 Å². The molecule has 0 atom stereocenters. The molecule has 6 heteroatoms. The van der Waals surface area contributed by atoms with Gasteiger partial charge >= 0.3 is 0 Å². The van der Waals surface area contributed by atoms with Crippen LogP contribution in [0.5, 0.6) is 0 Å². The fourth-order valence-corrected chi connectivity index (χ4v) is 6.93. The quantitative estimate of drug-likeness (QED) is 0.0749. The Morgan fingerprint density at radius 1 is 0.878 bits per heavy atom. The van der Waals surface area contributed by atoms with Gasteiger partial charge in [0.05, 0.1) is 13.6 Å². The number of aryl methyl sites for hydroxylation is 3. The molecule has 4 rings (SSSR count). The second-order valence-corrected chi connectivity index (χ2v) is 18.9. The minimum absolute atomic E-state index is 0. The zero-order valence-electron chi connectivity index (χ0n) is 26.7. The molecule has 41 heavy (non-hydrogen) atoms. The van der Waals surface area contributed by atoms with Crippen molar-refractivity contribution in [3.05, 3.63) is 77.3 Å². The van der Waals surface area contributed by atoms with Crippen molar-refractivity contribution in [1.82, 2.24) is 9.97 Å². The molecule has 0 unspecified atom stereocenters. The summed E-state index contributed by atoms with van der Waals surface area (Å²) in [6.45, 7) is 24.7. The number of aliphatic hydroxyl groups excluding tert-OH is 1. The monoisotopic (exact) mass is 746 g/mol. The summed E-state index contributed by atoms with van der Waals surface area (Å²) in [4.78, 5) is 21.1. The number of rotatable bonds is 3. The SMILES string of the molecule is CC(C)(C)C(=O)/C=C(\O)C(C)(C)C.Cc1[c-]c(-c2nccc3c2cnc2c([Si](C)(C)C)c(C)ccc23)cc(C)c1.[Ir]. The first-order valence-corrected chi connectivity index (χ1v) is 17.4. The van der Waals surface area contributed by atoms with Gasteiger partial charge in [-0.1, -0.05) is 87.2 Å². The molecule has 0 spiro atoms. The number of carbonyl (C=O) groups excluding carboxylic acids is 1. The Kier molecular flexibility index (Phi) is 10.7. The number of hydrogen-bond donors (Lipinski definition) is 1. The molecule has 2 heterocycles. The summed E-state index contributed by atoms with van der Waals surface area (Å²) in [6.07, 6.45) is 5.26. The molecular weight excluding hydrogens is 701 g/mol. The number of allylic oxidation sites excluding steroid dienone is 2. The van der Waals surface area contributed by atoms with Crippen LogP contribution in [-0.4, -0.2) is 28.9 Å². The second kappa shape index (κ2) is 12.7. The first kappa shape index (κ1) is 34.5. The van der Waals surface area contributed by atoms with Crippen LogP contribution in [0.2, 0.25) is 19.6 Å². The van der Waals surface area contributed by atoms with Crippen LogP contribution in [0.25, 0.3) is 32.9 Å². The number of carbonyl (C=O) groups is 1. The zero-order valence-corrected chi connectivity index (χ0v) is 30.1. The maximum atomic E-state index is 11.5. The van der Waals surface area contributed by atoms with Crippen molar-refractivity contribution in [2.45, 2.75) is 82.0 Å². The van der Waals surface area contributed by atoms with Gasteiger partial charge in [-0.25, -0.2) is 0 Å². The van der Waals surface area contributed by atoms with E-state index >= 15 is 0 Å². The topological polar surface area (TPSA) is 63.1 Å². The van der Waals surface area contributed by atoms with E-state index in [9.17, 15) is 9.90 Å². The third kappa shape index (κ3) is 8.21. The molecule has 4 nitrogen and oxygen atoms in total. The largest absolute Gasteiger partial charge is 0.512 e. The van der Waals surface area contributed by atoms with E-state index in [4.69, 9.17) is 9.97 Å². The molecule has 0 aliphatic heterocycles. The summed E-state index contributed by atoms with van der Waals surface area (Å²) < 4.78 is 0. The van der Waals surface area contributed by atoms with Gasteiger partial charge in [-0.05, 0) is 40.2 Å². The summed E-state index contributed by atoms with van der Waals surface area (Å²) in [5, 5.41) is 14.6.